The van der Waals surface area contributed by atoms with E-state index in [1.54, 1.807) is 42.5 Å². The van der Waals surface area contributed by atoms with Crippen molar-refractivity contribution in [3.63, 3.8) is 0 Å². The van der Waals surface area contributed by atoms with Crippen LogP contribution in [0.5, 0.6) is 0 Å². The molecule has 0 saturated heterocycles. The summed E-state index contributed by atoms with van der Waals surface area (Å²) in [5.41, 5.74) is 0.595. The van der Waals surface area contributed by atoms with Crippen LogP contribution >= 0.6 is 11.6 Å². The first-order valence-corrected chi connectivity index (χ1v) is 7.14. The Morgan fingerprint density at radius 2 is 1.50 bits per heavy atom. The molecule has 0 aromatic heterocycles. The van der Waals surface area contributed by atoms with Gasteiger partial charge in [-0.2, -0.15) is 0 Å². The summed E-state index contributed by atoms with van der Waals surface area (Å²) in [5, 5.41) is 0.222. The third-order valence-corrected chi connectivity index (χ3v) is 4.88. The van der Waals surface area contributed by atoms with Crippen LogP contribution in [0.1, 0.15) is 0 Å². The number of nitrogens with zero attached hydrogens (tertiary/aromatic N) is 1. The summed E-state index contributed by atoms with van der Waals surface area (Å²) in [7, 11) is -2.11. The second-order valence-electron chi connectivity index (χ2n) is 3.74. The molecular formula is C13H12ClNO2S. The van der Waals surface area contributed by atoms with Gasteiger partial charge in [0.25, 0.3) is 10.0 Å². The van der Waals surface area contributed by atoms with Crippen molar-refractivity contribution >= 4 is 27.3 Å². The maximum absolute atomic E-state index is 12.4. The lowest BCUT2D eigenvalue weighted by Gasteiger charge is -2.19. The van der Waals surface area contributed by atoms with Crippen LogP contribution in [0.2, 0.25) is 5.02 Å². The average molecular weight is 282 g/mol. The van der Waals surface area contributed by atoms with Gasteiger partial charge in [0, 0.05) is 7.05 Å². The van der Waals surface area contributed by atoms with Crippen molar-refractivity contribution in [3.8, 4) is 0 Å². The zero-order valence-corrected chi connectivity index (χ0v) is 11.3. The molecule has 0 aliphatic carbocycles. The van der Waals surface area contributed by atoms with Gasteiger partial charge in [-0.1, -0.05) is 41.9 Å². The van der Waals surface area contributed by atoms with Crippen LogP contribution in [-0.2, 0) is 10.0 Å². The minimum absolute atomic E-state index is 0.109. The van der Waals surface area contributed by atoms with Gasteiger partial charge in [-0.25, -0.2) is 8.42 Å². The molecule has 0 radical (unpaired) electrons. The summed E-state index contributed by atoms with van der Waals surface area (Å²) >= 11 is 5.93. The molecule has 0 spiro atoms. The first kappa shape index (κ1) is 12.9. The summed E-state index contributed by atoms with van der Waals surface area (Å²) < 4.78 is 26.0. The van der Waals surface area contributed by atoms with E-state index >= 15 is 0 Å². The Hall–Kier alpha value is -1.52. The number of sulfonamides is 1. The van der Waals surface area contributed by atoms with Crippen molar-refractivity contribution in [1.82, 2.24) is 0 Å². The van der Waals surface area contributed by atoms with Crippen LogP contribution < -0.4 is 4.31 Å². The molecule has 0 unspecified atom stereocenters. The highest BCUT2D eigenvalue weighted by molar-refractivity contribution is 7.93. The number of anilines is 1. The second-order valence-corrected chi connectivity index (χ2v) is 6.08. The van der Waals surface area contributed by atoms with Crippen molar-refractivity contribution in [2.45, 2.75) is 4.90 Å². The number of hydrogen-bond acceptors (Lipinski definition) is 2. The van der Waals surface area contributed by atoms with Crippen molar-refractivity contribution in [2.75, 3.05) is 11.4 Å². The lowest BCUT2D eigenvalue weighted by Crippen LogP contribution is -2.26. The van der Waals surface area contributed by atoms with Crippen LogP contribution in [0, 0.1) is 0 Å². The summed E-state index contributed by atoms with van der Waals surface area (Å²) in [4.78, 5) is 0.109. The fourth-order valence-electron chi connectivity index (χ4n) is 1.58. The molecule has 18 heavy (non-hydrogen) atoms. The fraction of sp³-hybridized carbons (Fsp3) is 0.0769. The van der Waals surface area contributed by atoms with E-state index in [9.17, 15) is 8.42 Å². The highest BCUT2D eigenvalue weighted by atomic mass is 35.5. The van der Waals surface area contributed by atoms with E-state index < -0.39 is 10.0 Å². The SMILES string of the molecule is CN(c1ccccc1)S(=O)(=O)c1ccccc1Cl. The van der Waals surface area contributed by atoms with Crippen molar-refractivity contribution in [1.29, 1.82) is 0 Å². The van der Waals surface area contributed by atoms with Gasteiger partial charge in [0.2, 0.25) is 0 Å². The molecule has 94 valence electrons. The molecule has 0 amide bonds. The summed E-state index contributed by atoms with van der Waals surface area (Å²) in [6.45, 7) is 0. The first-order chi connectivity index (χ1) is 8.53. The van der Waals surface area contributed by atoms with E-state index in [-0.39, 0.29) is 9.92 Å². The van der Waals surface area contributed by atoms with Gasteiger partial charge >= 0.3 is 0 Å². The number of hydrogen-bond donors (Lipinski definition) is 0. The van der Waals surface area contributed by atoms with E-state index in [4.69, 9.17) is 11.6 Å². The number of benzene rings is 2. The molecule has 0 fully saturated rings. The Bertz CT molecular complexity index is 641. The number of rotatable bonds is 3. The molecule has 0 aliphatic heterocycles. The standard InChI is InChI=1S/C13H12ClNO2S/c1-15(11-7-3-2-4-8-11)18(16,17)13-10-6-5-9-12(13)14/h2-10H,1H3. The number of para-hydroxylation sites is 1. The molecule has 0 N–H and O–H groups in total. The van der Waals surface area contributed by atoms with Gasteiger partial charge in [0.05, 0.1) is 10.7 Å². The molecule has 0 atom stereocenters. The normalized spacial score (nSPS) is 11.2. The molecule has 2 rings (SSSR count). The van der Waals surface area contributed by atoms with E-state index in [1.807, 2.05) is 6.07 Å². The van der Waals surface area contributed by atoms with E-state index in [0.29, 0.717) is 5.69 Å². The summed E-state index contributed by atoms with van der Waals surface area (Å²) in [6.07, 6.45) is 0. The van der Waals surface area contributed by atoms with Gasteiger partial charge in [0.15, 0.2) is 0 Å². The average Bonchev–Trinajstić information content (AvgIpc) is 2.39. The minimum Gasteiger partial charge on any atom is -0.269 e. The van der Waals surface area contributed by atoms with Crippen molar-refractivity contribution in [2.24, 2.45) is 0 Å². The summed E-state index contributed by atoms with van der Waals surface area (Å²) in [5.74, 6) is 0. The first-order valence-electron chi connectivity index (χ1n) is 5.32. The highest BCUT2D eigenvalue weighted by Gasteiger charge is 2.23. The smallest absolute Gasteiger partial charge is 0.265 e. The molecular weight excluding hydrogens is 270 g/mol. The molecule has 0 bridgehead atoms. The zero-order chi connectivity index (χ0) is 13.2. The van der Waals surface area contributed by atoms with Crippen molar-refractivity contribution in [3.05, 3.63) is 59.6 Å². The lowest BCUT2D eigenvalue weighted by atomic mass is 10.3. The maximum atomic E-state index is 12.4. The van der Waals surface area contributed by atoms with Gasteiger partial charge in [-0.3, -0.25) is 4.31 Å². The summed E-state index contributed by atoms with van der Waals surface area (Å²) in [6, 6.07) is 15.3. The second kappa shape index (κ2) is 5.00. The lowest BCUT2D eigenvalue weighted by molar-refractivity contribution is 0.594. The molecule has 0 aliphatic rings. The fourth-order valence-corrected chi connectivity index (χ4v) is 3.27. The molecule has 0 heterocycles. The molecule has 2 aromatic carbocycles. The van der Waals surface area contributed by atoms with Gasteiger partial charge in [-0.05, 0) is 24.3 Å². The monoisotopic (exact) mass is 281 g/mol. The third kappa shape index (κ3) is 2.35. The van der Waals surface area contributed by atoms with Crippen LogP contribution in [0.3, 0.4) is 0 Å². The van der Waals surface area contributed by atoms with Gasteiger partial charge < -0.3 is 0 Å². The quantitative estimate of drug-likeness (QED) is 0.867. The largest absolute Gasteiger partial charge is 0.269 e. The molecule has 3 nitrogen and oxygen atoms in total. The Balaban J connectivity index is 2.48. The van der Waals surface area contributed by atoms with E-state index in [0.717, 1.165) is 0 Å². The van der Waals surface area contributed by atoms with Crippen LogP contribution in [0.25, 0.3) is 0 Å². The van der Waals surface area contributed by atoms with Gasteiger partial charge in [-0.15, -0.1) is 0 Å². The Kier molecular flexibility index (Phi) is 3.59. The van der Waals surface area contributed by atoms with Crippen molar-refractivity contribution < 1.29 is 8.42 Å². The molecule has 0 saturated carbocycles. The van der Waals surface area contributed by atoms with Crippen LogP contribution in [0.4, 0.5) is 5.69 Å². The van der Waals surface area contributed by atoms with Gasteiger partial charge in [0.1, 0.15) is 4.90 Å². The maximum Gasteiger partial charge on any atom is 0.265 e. The van der Waals surface area contributed by atoms with Crippen LogP contribution in [-0.4, -0.2) is 15.5 Å². The molecule has 2 aromatic rings. The Morgan fingerprint density at radius 1 is 0.944 bits per heavy atom. The van der Waals surface area contributed by atoms with E-state index in [1.165, 1.54) is 17.4 Å². The van der Waals surface area contributed by atoms with Crippen LogP contribution in [0.15, 0.2) is 59.5 Å². The number of halogens is 1. The third-order valence-electron chi connectivity index (χ3n) is 2.59. The Morgan fingerprint density at radius 3 is 2.11 bits per heavy atom. The minimum atomic E-state index is -3.62. The molecule has 5 heteroatoms. The predicted octanol–water partition coefficient (Wildman–Crippen LogP) is 3.17. The zero-order valence-electron chi connectivity index (χ0n) is 9.75. The van der Waals surface area contributed by atoms with E-state index in [2.05, 4.69) is 0 Å². The highest BCUT2D eigenvalue weighted by Crippen LogP contribution is 2.26. The predicted molar refractivity (Wildman–Crippen MR) is 73.5 cm³/mol. The topological polar surface area (TPSA) is 37.4 Å². The Labute approximate surface area is 112 Å².